The summed E-state index contributed by atoms with van der Waals surface area (Å²) < 4.78 is 5.54. The fourth-order valence-electron chi connectivity index (χ4n) is 1.50. The van der Waals surface area contributed by atoms with Crippen LogP contribution < -0.4 is 4.74 Å². The second-order valence-electron chi connectivity index (χ2n) is 4.21. The number of amides is 1. The predicted molar refractivity (Wildman–Crippen MR) is 64.7 cm³/mol. The summed E-state index contributed by atoms with van der Waals surface area (Å²) in [7, 11) is 3.50. The van der Waals surface area contributed by atoms with Gasteiger partial charge in [0.1, 0.15) is 5.75 Å². The van der Waals surface area contributed by atoms with E-state index in [9.17, 15) is 4.79 Å². The largest absolute Gasteiger partial charge is 0.493 e. The molecule has 0 aliphatic heterocycles. The van der Waals surface area contributed by atoms with E-state index in [4.69, 9.17) is 4.74 Å². The molecule has 0 atom stereocenters. The van der Waals surface area contributed by atoms with Gasteiger partial charge >= 0.3 is 0 Å². The third-order valence-electron chi connectivity index (χ3n) is 2.28. The van der Waals surface area contributed by atoms with E-state index < -0.39 is 0 Å². The lowest BCUT2D eigenvalue weighted by Crippen LogP contribution is -2.23. The maximum absolute atomic E-state index is 11.3. The van der Waals surface area contributed by atoms with Crippen LogP contribution >= 0.6 is 0 Å². The first-order valence-corrected chi connectivity index (χ1v) is 5.40. The van der Waals surface area contributed by atoms with E-state index in [-0.39, 0.29) is 5.91 Å². The lowest BCUT2D eigenvalue weighted by atomic mass is 10.1. The highest BCUT2D eigenvalue weighted by atomic mass is 16.5. The normalized spacial score (nSPS) is 10.0. The van der Waals surface area contributed by atoms with Crippen LogP contribution in [0.3, 0.4) is 0 Å². The van der Waals surface area contributed by atoms with Gasteiger partial charge in [-0.25, -0.2) is 0 Å². The van der Waals surface area contributed by atoms with Crippen molar-refractivity contribution in [1.29, 1.82) is 0 Å². The molecule has 0 heterocycles. The van der Waals surface area contributed by atoms with Crippen LogP contribution in [0, 0.1) is 13.8 Å². The Hall–Kier alpha value is -1.51. The smallest absolute Gasteiger partial charge is 0.225 e. The molecule has 0 aromatic heterocycles. The van der Waals surface area contributed by atoms with Crippen molar-refractivity contribution in [1.82, 2.24) is 4.90 Å². The van der Waals surface area contributed by atoms with E-state index >= 15 is 0 Å². The van der Waals surface area contributed by atoms with Gasteiger partial charge in [0, 0.05) is 14.1 Å². The van der Waals surface area contributed by atoms with Crippen LogP contribution in [-0.4, -0.2) is 31.5 Å². The number of carbonyl (C=O) groups is 1. The van der Waals surface area contributed by atoms with Gasteiger partial charge < -0.3 is 9.64 Å². The molecule has 0 N–H and O–H groups in total. The molecule has 1 amide bonds. The van der Waals surface area contributed by atoms with Crippen LogP contribution in [0.25, 0.3) is 0 Å². The quantitative estimate of drug-likeness (QED) is 0.779. The van der Waals surface area contributed by atoms with E-state index in [1.807, 2.05) is 26.0 Å². The van der Waals surface area contributed by atoms with Crippen molar-refractivity contribution in [3.8, 4) is 5.75 Å². The topological polar surface area (TPSA) is 29.5 Å². The summed E-state index contributed by atoms with van der Waals surface area (Å²) in [5.41, 5.74) is 2.35. The van der Waals surface area contributed by atoms with Crippen molar-refractivity contribution in [2.75, 3.05) is 20.7 Å². The van der Waals surface area contributed by atoms with E-state index in [1.165, 1.54) is 11.1 Å². The fourth-order valence-corrected chi connectivity index (χ4v) is 1.50. The summed E-state index contributed by atoms with van der Waals surface area (Å²) in [6.45, 7) is 4.50. The molecule has 0 spiro atoms. The van der Waals surface area contributed by atoms with Crippen LogP contribution in [0.2, 0.25) is 0 Å². The van der Waals surface area contributed by atoms with Gasteiger partial charge in [0.15, 0.2) is 0 Å². The molecule has 0 saturated carbocycles. The molecule has 88 valence electrons. The first-order chi connectivity index (χ1) is 7.49. The van der Waals surface area contributed by atoms with Gasteiger partial charge in [-0.1, -0.05) is 6.07 Å². The number of hydrogen-bond acceptors (Lipinski definition) is 2. The first kappa shape index (κ1) is 12.6. The van der Waals surface area contributed by atoms with Gasteiger partial charge in [-0.2, -0.15) is 0 Å². The van der Waals surface area contributed by atoms with Crippen LogP contribution in [0.4, 0.5) is 0 Å². The Morgan fingerprint density at radius 1 is 1.19 bits per heavy atom. The van der Waals surface area contributed by atoms with Gasteiger partial charge in [0.2, 0.25) is 5.91 Å². The maximum Gasteiger partial charge on any atom is 0.225 e. The van der Waals surface area contributed by atoms with Crippen molar-refractivity contribution in [2.45, 2.75) is 20.3 Å². The van der Waals surface area contributed by atoms with Crippen molar-refractivity contribution in [3.05, 3.63) is 29.3 Å². The average molecular weight is 221 g/mol. The van der Waals surface area contributed by atoms with E-state index in [2.05, 4.69) is 6.07 Å². The Kier molecular flexibility index (Phi) is 4.35. The van der Waals surface area contributed by atoms with Crippen LogP contribution in [-0.2, 0) is 4.79 Å². The third-order valence-corrected chi connectivity index (χ3v) is 2.28. The molecule has 0 aliphatic rings. The number of nitrogens with zero attached hydrogens (tertiary/aromatic N) is 1. The zero-order chi connectivity index (χ0) is 12.1. The first-order valence-electron chi connectivity index (χ1n) is 5.40. The number of hydrogen-bond donors (Lipinski definition) is 0. The molecule has 0 unspecified atom stereocenters. The number of ether oxygens (including phenoxy) is 1. The van der Waals surface area contributed by atoms with Gasteiger partial charge in [0.25, 0.3) is 0 Å². The van der Waals surface area contributed by atoms with Gasteiger partial charge in [-0.05, 0) is 37.1 Å². The van der Waals surface area contributed by atoms with Crippen LogP contribution in [0.5, 0.6) is 5.75 Å². The molecule has 3 nitrogen and oxygen atoms in total. The third kappa shape index (κ3) is 3.93. The van der Waals surface area contributed by atoms with Crippen molar-refractivity contribution >= 4 is 5.91 Å². The molecule has 0 saturated heterocycles. The summed E-state index contributed by atoms with van der Waals surface area (Å²) in [6.07, 6.45) is 0.417. The monoisotopic (exact) mass is 221 g/mol. The van der Waals surface area contributed by atoms with Gasteiger partial charge in [-0.3, -0.25) is 4.79 Å². The molecule has 1 aromatic rings. The van der Waals surface area contributed by atoms with E-state index in [0.29, 0.717) is 13.0 Å². The Morgan fingerprint density at radius 3 is 2.25 bits per heavy atom. The number of aryl methyl sites for hydroxylation is 2. The van der Waals surface area contributed by atoms with Crippen LogP contribution in [0.1, 0.15) is 17.5 Å². The molecule has 0 fully saturated rings. The summed E-state index contributed by atoms with van der Waals surface area (Å²) >= 11 is 0. The molecule has 1 aromatic carbocycles. The lowest BCUT2D eigenvalue weighted by molar-refractivity contribution is -0.129. The van der Waals surface area contributed by atoms with Gasteiger partial charge in [-0.15, -0.1) is 0 Å². The summed E-state index contributed by atoms with van der Waals surface area (Å²) in [5, 5.41) is 0. The number of rotatable bonds is 4. The highest BCUT2D eigenvalue weighted by molar-refractivity contribution is 5.75. The minimum atomic E-state index is 0.0874. The second kappa shape index (κ2) is 5.54. The molecular formula is C13H19NO2. The van der Waals surface area contributed by atoms with Crippen LogP contribution in [0.15, 0.2) is 18.2 Å². The number of benzene rings is 1. The Morgan fingerprint density at radius 2 is 1.75 bits per heavy atom. The lowest BCUT2D eigenvalue weighted by Gasteiger charge is -2.11. The molecule has 0 radical (unpaired) electrons. The molecule has 1 rings (SSSR count). The van der Waals surface area contributed by atoms with Crippen molar-refractivity contribution in [3.63, 3.8) is 0 Å². The Balaban J connectivity index is 2.46. The highest BCUT2D eigenvalue weighted by Gasteiger charge is 2.04. The fraction of sp³-hybridized carbons (Fsp3) is 0.462. The zero-order valence-corrected chi connectivity index (χ0v) is 10.4. The molecule has 3 heteroatoms. The molecule has 16 heavy (non-hydrogen) atoms. The van der Waals surface area contributed by atoms with Crippen molar-refractivity contribution < 1.29 is 9.53 Å². The summed E-state index contributed by atoms with van der Waals surface area (Å²) in [4.78, 5) is 12.9. The SMILES string of the molecule is Cc1cc(C)cc(OCCC(=O)N(C)C)c1. The highest BCUT2D eigenvalue weighted by Crippen LogP contribution is 2.16. The van der Waals surface area contributed by atoms with E-state index in [0.717, 1.165) is 5.75 Å². The Bertz CT molecular complexity index is 352. The summed E-state index contributed by atoms with van der Waals surface area (Å²) in [5.74, 6) is 0.924. The maximum atomic E-state index is 11.3. The minimum Gasteiger partial charge on any atom is -0.493 e. The van der Waals surface area contributed by atoms with Crippen molar-refractivity contribution in [2.24, 2.45) is 0 Å². The summed E-state index contributed by atoms with van der Waals surface area (Å²) in [6, 6.07) is 6.05. The molecule has 0 bridgehead atoms. The molecular weight excluding hydrogens is 202 g/mol. The minimum absolute atomic E-state index is 0.0874. The average Bonchev–Trinajstić information content (AvgIpc) is 2.15. The zero-order valence-electron chi connectivity index (χ0n) is 10.4. The molecule has 0 aliphatic carbocycles. The van der Waals surface area contributed by atoms with E-state index in [1.54, 1.807) is 19.0 Å². The second-order valence-corrected chi connectivity index (χ2v) is 4.21. The predicted octanol–water partition coefficient (Wildman–Crippen LogP) is 2.16. The standard InChI is InChI=1S/C13H19NO2/c1-10-7-11(2)9-12(8-10)16-6-5-13(15)14(3)4/h7-9H,5-6H2,1-4H3. The van der Waals surface area contributed by atoms with Gasteiger partial charge in [0.05, 0.1) is 13.0 Å². The Labute approximate surface area is 97.0 Å². The number of carbonyl (C=O) groups excluding carboxylic acids is 1.